The SMILES string of the molecule is O=C(c1cccc(-n2cnnn2)c1)N1CCCCC1c1ncno1. The Hall–Kier alpha value is -3.10. The highest BCUT2D eigenvalue weighted by Crippen LogP contribution is 2.31. The highest BCUT2D eigenvalue weighted by atomic mass is 16.5. The maximum absolute atomic E-state index is 13.0. The minimum Gasteiger partial charge on any atom is -0.337 e. The molecular formula is C15H15N7O2. The second kappa shape index (κ2) is 6.19. The van der Waals surface area contributed by atoms with Gasteiger partial charge < -0.3 is 9.42 Å². The second-order valence-corrected chi connectivity index (χ2v) is 5.59. The summed E-state index contributed by atoms with van der Waals surface area (Å²) in [6, 6.07) is 7.05. The maximum Gasteiger partial charge on any atom is 0.254 e. The van der Waals surface area contributed by atoms with E-state index in [-0.39, 0.29) is 11.9 Å². The molecule has 1 aliphatic rings. The summed E-state index contributed by atoms with van der Waals surface area (Å²) in [5, 5.41) is 14.8. The largest absolute Gasteiger partial charge is 0.337 e. The lowest BCUT2D eigenvalue weighted by Crippen LogP contribution is -2.38. The van der Waals surface area contributed by atoms with Crippen LogP contribution in [0, 0.1) is 0 Å². The first kappa shape index (κ1) is 14.5. The predicted molar refractivity (Wildman–Crippen MR) is 81.1 cm³/mol. The van der Waals surface area contributed by atoms with Crippen molar-refractivity contribution in [2.24, 2.45) is 0 Å². The van der Waals surface area contributed by atoms with E-state index in [2.05, 4.69) is 25.7 Å². The lowest BCUT2D eigenvalue weighted by molar-refractivity contribution is 0.0561. The highest BCUT2D eigenvalue weighted by Gasteiger charge is 2.32. The number of aromatic nitrogens is 6. The van der Waals surface area contributed by atoms with Gasteiger partial charge in [0.1, 0.15) is 12.4 Å². The molecule has 9 heteroatoms. The third-order valence-electron chi connectivity index (χ3n) is 4.13. The molecule has 3 aromatic rings. The number of carbonyl (C=O) groups excluding carboxylic acids is 1. The van der Waals surface area contributed by atoms with Crippen molar-refractivity contribution in [3.8, 4) is 5.69 Å². The van der Waals surface area contributed by atoms with E-state index >= 15 is 0 Å². The van der Waals surface area contributed by atoms with Gasteiger partial charge in [0.15, 0.2) is 6.33 Å². The van der Waals surface area contributed by atoms with Crippen molar-refractivity contribution in [3.05, 3.63) is 48.4 Å². The van der Waals surface area contributed by atoms with Crippen molar-refractivity contribution in [1.29, 1.82) is 0 Å². The van der Waals surface area contributed by atoms with Gasteiger partial charge in [0.2, 0.25) is 5.89 Å². The average molecular weight is 325 g/mol. The zero-order valence-corrected chi connectivity index (χ0v) is 12.8. The lowest BCUT2D eigenvalue weighted by Gasteiger charge is -2.33. The fraction of sp³-hybridized carbons (Fsp3) is 0.333. The van der Waals surface area contributed by atoms with Crippen molar-refractivity contribution >= 4 is 5.91 Å². The summed E-state index contributed by atoms with van der Waals surface area (Å²) in [7, 11) is 0. The van der Waals surface area contributed by atoms with E-state index in [9.17, 15) is 4.79 Å². The number of piperidine rings is 1. The number of benzene rings is 1. The van der Waals surface area contributed by atoms with E-state index in [0.717, 1.165) is 24.9 Å². The monoisotopic (exact) mass is 325 g/mol. The van der Waals surface area contributed by atoms with E-state index < -0.39 is 0 Å². The molecule has 0 radical (unpaired) electrons. The molecule has 0 spiro atoms. The number of tetrazole rings is 1. The summed E-state index contributed by atoms with van der Waals surface area (Å²) in [6.45, 7) is 0.668. The molecule has 1 atom stereocenters. The first-order chi connectivity index (χ1) is 11.8. The molecule has 0 bridgehead atoms. The first-order valence-electron chi connectivity index (χ1n) is 7.74. The Kier molecular flexibility index (Phi) is 3.73. The van der Waals surface area contributed by atoms with Crippen LogP contribution in [0.2, 0.25) is 0 Å². The van der Waals surface area contributed by atoms with Crippen LogP contribution in [0.25, 0.3) is 5.69 Å². The van der Waals surface area contributed by atoms with Crippen molar-refractivity contribution in [2.75, 3.05) is 6.54 Å². The van der Waals surface area contributed by atoms with E-state index in [4.69, 9.17) is 4.52 Å². The Balaban J connectivity index is 1.63. The number of hydrogen-bond acceptors (Lipinski definition) is 7. The molecule has 1 aromatic carbocycles. The van der Waals surface area contributed by atoms with Gasteiger partial charge >= 0.3 is 0 Å². The van der Waals surface area contributed by atoms with Crippen LogP contribution in [0.4, 0.5) is 0 Å². The van der Waals surface area contributed by atoms with Crippen LogP contribution in [0.15, 0.2) is 41.4 Å². The predicted octanol–water partition coefficient (Wildman–Crippen LogP) is 1.41. The molecule has 9 nitrogen and oxygen atoms in total. The summed E-state index contributed by atoms with van der Waals surface area (Å²) in [5.74, 6) is 0.424. The van der Waals surface area contributed by atoms with Crippen LogP contribution in [-0.2, 0) is 0 Å². The van der Waals surface area contributed by atoms with Crippen LogP contribution in [0.5, 0.6) is 0 Å². The molecular weight excluding hydrogens is 310 g/mol. The van der Waals surface area contributed by atoms with E-state index in [1.54, 1.807) is 17.0 Å². The summed E-state index contributed by atoms with van der Waals surface area (Å²) >= 11 is 0. The van der Waals surface area contributed by atoms with Crippen molar-refractivity contribution in [1.82, 2.24) is 35.2 Å². The van der Waals surface area contributed by atoms with Crippen molar-refractivity contribution in [2.45, 2.75) is 25.3 Å². The number of hydrogen-bond donors (Lipinski definition) is 0. The van der Waals surface area contributed by atoms with Crippen LogP contribution in [0.3, 0.4) is 0 Å². The Labute approximate surface area is 137 Å². The number of carbonyl (C=O) groups is 1. The van der Waals surface area contributed by atoms with Gasteiger partial charge in [0.05, 0.1) is 5.69 Å². The molecule has 0 N–H and O–H groups in total. The van der Waals surface area contributed by atoms with E-state index in [1.165, 1.54) is 17.3 Å². The summed E-state index contributed by atoms with van der Waals surface area (Å²) in [6.07, 6.45) is 5.67. The van der Waals surface area contributed by atoms with Crippen LogP contribution in [-0.4, -0.2) is 47.7 Å². The molecule has 3 heterocycles. The Bertz CT molecular complexity index is 816. The fourth-order valence-electron chi connectivity index (χ4n) is 2.99. The van der Waals surface area contributed by atoms with Crippen LogP contribution in [0.1, 0.15) is 41.6 Å². The van der Waals surface area contributed by atoms with Gasteiger partial charge in [-0.25, -0.2) is 4.68 Å². The number of amides is 1. The van der Waals surface area contributed by atoms with E-state index in [0.29, 0.717) is 18.0 Å². The molecule has 24 heavy (non-hydrogen) atoms. The van der Waals surface area contributed by atoms with Gasteiger partial charge in [-0.2, -0.15) is 4.98 Å². The van der Waals surface area contributed by atoms with Crippen LogP contribution >= 0.6 is 0 Å². The second-order valence-electron chi connectivity index (χ2n) is 5.59. The molecule has 1 aliphatic heterocycles. The van der Waals surface area contributed by atoms with Gasteiger partial charge in [0, 0.05) is 12.1 Å². The zero-order chi connectivity index (χ0) is 16.4. The molecule has 4 rings (SSSR count). The van der Waals surface area contributed by atoms with Gasteiger partial charge in [-0.15, -0.1) is 5.10 Å². The molecule has 2 aromatic heterocycles. The minimum atomic E-state index is -0.176. The molecule has 1 unspecified atom stereocenters. The Morgan fingerprint density at radius 3 is 3.04 bits per heavy atom. The molecule has 0 saturated carbocycles. The van der Waals surface area contributed by atoms with Gasteiger partial charge in [-0.1, -0.05) is 11.2 Å². The number of nitrogens with zero attached hydrogens (tertiary/aromatic N) is 7. The topological polar surface area (TPSA) is 103 Å². The average Bonchev–Trinajstić information content (AvgIpc) is 3.35. The van der Waals surface area contributed by atoms with Gasteiger partial charge in [-0.05, 0) is 47.9 Å². The standard InChI is InChI=1S/C15H15N7O2/c23-15(11-4-3-5-12(8-11)22-10-17-19-20-22)21-7-2-1-6-13(21)14-16-9-18-24-14/h3-5,8-10,13H,1-2,6-7H2. The van der Waals surface area contributed by atoms with Crippen molar-refractivity contribution < 1.29 is 9.32 Å². The maximum atomic E-state index is 13.0. The highest BCUT2D eigenvalue weighted by molar-refractivity contribution is 5.95. The Morgan fingerprint density at radius 2 is 2.25 bits per heavy atom. The smallest absolute Gasteiger partial charge is 0.254 e. The first-order valence-corrected chi connectivity index (χ1v) is 7.74. The third-order valence-corrected chi connectivity index (χ3v) is 4.13. The third kappa shape index (κ3) is 2.64. The number of rotatable bonds is 3. The van der Waals surface area contributed by atoms with Gasteiger partial charge in [0.25, 0.3) is 5.91 Å². The van der Waals surface area contributed by atoms with Gasteiger partial charge in [-0.3, -0.25) is 4.79 Å². The number of likely N-dealkylation sites (tertiary alicyclic amines) is 1. The molecule has 122 valence electrons. The van der Waals surface area contributed by atoms with Crippen LogP contribution < -0.4 is 0 Å². The summed E-state index contributed by atoms with van der Waals surface area (Å²) in [5.41, 5.74) is 1.31. The minimum absolute atomic E-state index is 0.0622. The molecule has 1 fully saturated rings. The molecule has 1 saturated heterocycles. The molecule has 0 aliphatic carbocycles. The quantitative estimate of drug-likeness (QED) is 0.717. The Morgan fingerprint density at radius 1 is 1.29 bits per heavy atom. The fourth-order valence-corrected chi connectivity index (χ4v) is 2.99. The normalized spacial score (nSPS) is 17.8. The summed E-state index contributed by atoms with van der Waals surface area (Å²) in [4.78, 5) is 18.9. The van der Waals surface area contributed by atoms with E-state index in [1.807, 2.05) is 12.1 Å². The summed E-state index contributed by atoms with van der Waals surface area (Å²) < 4.78 is 6.70. The van der Waals surface area contributed by atoms with Crippen molar-refractivity contribution in [3.63, 3.8) is 0 Å². The lowest BCUT2D eigenvalue weighted by atomic mass is 10.0. The zero-order valence-electron chi connectivity index (χ0n) is 12.8. The molecule has 1 amide bonds.